The maximum Gasteiger partial charge on any atom is 0.232 e. The average Bonchev–Trinajstić information content (AvgIpc) is 2.82. The van der Waals surface area contributed by atoms with Gasteiger partial charge in [0.25, 0.3) is 0 Å². The molecule has 32 heavy (non-hydrogen) atoms. The van der Waals surface area contributed by atoms with E-state index in [-0.39, 0.29) is 18.1 Å². The Morgan fingerprint density at radius 2 is 1.66 bits per heavy atom. The van der Waals surface area contributed by atoms with Crippen LogP contribution in [-0.2, 0) is 9.59 Å². The van der Waals surface area contributed by atoms with Crippen molar-refractivity contribution in [2.45, 2.75) is 31.6 Å². The first-order valence-corrected chi connectivity index (χ1v) is 10.6. The summed E-state index contributed by atoms with van der Waals surface area (Å²) in [6, 6.07) is 10.9. The van der Waals surface area contributed by atoms with Gasteiger partial charge in [0.2, 0.25) is 5.91 Å². The smallest absolute Gasteiger partial charge is 0.232 e. The van der Waals surface area contributed by atoms with E-state index in [4.69, 9.17) is 18.9 Å². The van der Waals surface area contributed by atoms with Gasteiger partial charge < -0.3 is 18.9 Å². The van der Waals surface area contributed by atoms with Crippen LogP contribution in [0, 0.1) is 0 Å². The van der Waals surface area contributed by atoms with Crippen LogP contribution >= 0.6 is 0 Å². The Kier molecular flexibility index (Phi) is 6.08. The van der Waals surface area contributed by atoms with E-state index in [1.54, 1.807) is 57.6 Å². The number of ketones is 1. The molecule has 0 bridgehead atoms. The number of hydrogen-bond acceptors (Lipinski definition) is 6. The summed E-state index contributed by atoms with van der Waals surface area (Å²) in [5.41, 5.74) is 2.79. The molecule has 2 aliphatic rings. The van der Waals surface area contributed by atoms with Crippen LogP contribution in [0.2, 0.25) is 0 Å². The Morgan fingerprint density at radius 1 is 0.875 bits per heavy atom. The first-order chi connectivity index (χ1) is 15.5. The lowest BCUT2D eigenvalue weighted by Crippen LogP contribution is -2.40. The number of nitrogens with zero attached hydrogens (tertiary/aromatic N) is 1. The monoisotopic (exact) mass is 437 g/mol. The fourth-order valence-corrected chi connectivity index (χ4v) is 4.69. The highest BCUT2D eigenvalue weighted by molar-refractivity contribution is 6.08. The minimum atomic E-state index is -0.393. The van der Waals surface area contributed by atoms with Crippen LogP contribution < -0.4 is 23.8 Å². The van der Waals surface area contributed by atoms with Crippen LogP contribution in [-0.4, -0.2) is 40.1 Å². The SMILES string of the molecule is COc1ccc(N2C(=O)CC(c3cccc(OC)c3OC)C3=C2CCCC3=O)c(OC)c1. The van der Waals surface area contributed by atoms with Crippen molar-refractivity contribution in [3.05, 3.63) is 53.2 Å². The highest BCUT2D eigenvalue weighted by Gasteiger charge is 2.41. The van der Waals surface area contributed by atoms with E-state index < -0.39 is 5.92 Å². The van der Waals surface area contributed by atoms with Crippen molar-refractivity contribution in [3.63, 3.8) is 0 Å². The Labute approximate surface area is 187 Å². The molecule has 0 fully saturated rings. The molecule has 1 aliphatic carbocycles. The number of rotatable bonds is 6. The van der Waals surface area contributed by atoms with E-state index >= 15 is 0 Å². The number of methoxy groups -OCH3 is 4. The molecule has 0 saturated carbocycles. The van der Waals surface area contributed by atoms with Crippen molar-refractivity contribution in [2.24, 2.45) is 0 Å². The molecule has 7 nitrogen and oxygen atoms in total. The molecule has 0 radical (unpaired) electrons. The van der Waals surface area contributed by atoms with Gasteiger partial charge in [0.1, 0.15) is 11.5 Å². The number of allylic oxidation sites excluding steroid dienone is 2. The normalized spacial score (nSPS) is 18.4. The Hall–Kier alpha value is -3.48. The summed E-state index contributed by atoms with van der Waals surface area (Å²) < 4.78 is 21.9. The summed E-state index contributed by atoms with van der Waals surface area (Å²) in [5, 5.41) is 0. The fourth-order valence-electron chi connectivity index (χ4n) is 4.69. The number of carbonyl (C=O) groups excluding carboxylic acids is 2. The van der Waals surface area contributed by atoms with Crippen molar-refractivity contribution in [1.29, 1.82) is 0 Å². The predicted octanol–water partition coefficient (Wildman–Crippen LogP) is 4.25. The van der Waals surface area contributed by atoms with E-state index in [1.807, 2.05) is 12.1 Å². The lowest BCUT2D eigenvalue weighted by Gasteiger charge is -2.39. The minimum absolute atomic E-state index is 0.0612. The fraction of sp³-hybridized carbons (Fsp3) is 0.360. The van der Waals surface area contributed by atoms with Crippen LogP contribution in [0.4, 0.5) is 5.69 Å². The third-order valence-corrected chi connectivity index (χ3v) is 6.11. The summed E-state index contributed by atoms with van der Waals surface area (Å²) in [4.78, 5) is 28.4. The molecular weight excluding hydrogens is 410 g/mol. The summed E-state index contributed by atoms with van der Waals surface area (Å²) in [6.45, 7) is 0. The van der Waals surface area contributed by atoms with E-state index in [1.165, 1.54) is 0 Å². The van der Waals surface area contributed by atoms with Gasteiger partial charge in [-0.2, -0.15) is 0 Å². The number of anilines is 1. The van der Waals surface area contributed by atoms with E-state index in [9.17, 15) is 9.59 Å². The summed E-state index contributed by atoms with van der Waals surface area (Å²) in [5.74, 6) is 1.83. The maximum absolute atomic E-state index is 13.5. The third kappa shape index (κ3) is 3.57. The number of Topliss-reactive ketones (excluding diaryl/α,β-unsaturated/α-hetero) is 1. The summed E-state index contributed by atoms with van der Waals surface area (Å²) >= 11 is 0. The van der Waals surface area contributed by atoms with Crippen molar-refractivity contribution < 1.29 is 28.5 Å². The van der Waals surface area contributed by atoms with Gasteiger partial charge in [-0.05, 0) is 31.0 Å². The topological polar surface area (TPSA) is 74.3 Å². The second-order valence-electron chi connectivity index (χ2n) is 7.74. The van der Waals surface area contributed by atoms with Crippen molar-refractivity contribution >= 4 is 17.4 Å². The van der Waals surface area contributed by atoms with Crippen LogP contribution in [0.15, 0.2) is 47.7 Å². The largest absolute Gasteiger partial charge is 0.497 e. The molecule has 1 amide bonds. The van der Waals surface area contributed by atoms with E-state index in [2.05, 4.69) is 0 Å². The van der Waals surface area contributed by atoms with Gasteiger partial charge in [0.15, 0.2) is 17.3 Å². The first kappa shape index (κ1) is 21.7. The maximum atomic E-state index is 13.5. The molecule has 2 aromatic rings. The zero-order valence-electron chi connectivity index (χ0n) is 18.8. The third-order valence-electron chi connectivity index (χ3n) is 6.11. The second kappa shape index (κ2) is 8.94. The standard InChI is InChI=1S/C25H27NO6/c1-29-15-11-12-18(22(13-15)31-3)26-19-8-6-9-20(27)24(19)17(14-23(26)28)16-7-5-10-21(30-2)25(16)32-4/h5,7,10-13,17H,6,8-9,14H2,1-4H3. The van der Waals surface area contributed by atoms with Gasteiger partial charge in [-0.25, -0.2) is 0 Å². The van der Waals surface area contributed by atoms with Gasteiger partial charge >= 0.3 is 0 Å². The molecule has 0 aromatic heterocycles. The van der Waals surface area contributed by atoms with Crippen molar-refractivity contribution in [1.82, 2.24) is 0 Å². The first-order valence-electron chi connectivity index (χ1n) is 10.6. The lowest BCUT2D eigenvalue weighted by molar-refractivity contribution is -0.120. The predicted molar refractivity (Wildman–Crippen MR) is 120 cm³/mol. The van der Waals surface area contributed by atoms with Gasteiger partial charge in [-0.3, -0.25) is 14.5 Å². The van der Waals surface area contributed by atoms with E-state index in [0.717, 1.165) is 11.3 Å². The van der Waals surface area contributed by atoms with Gasteiger partial charge in [-0.1, -0.05) is 12.1 Å². The van der Waals surface area contributed by atoms with Crippen molar-refractivity contribution in [2.75, 3.05) is 33.3 Å². The molecule has 1 unspecified atom stereocenters. The molecule has 168 valence electrons. The van der Waals surface area contributed by atoms with Crippen LogP contribution in [0.25, 0.3) is 0 Å². The van der Waals surface area contributed by atoms with Crippen LogP contribution in [0.5, 0.6) is 23.0 Å². The highest BCUT2D eigenvalue weighted by atomic mass is 16.5. The Morgan fingerprint density at radius 3 is 2.34 bits per heavy atom. The number of para-hydroxylation sites is 1. The van der Waals surface area contributed by atoms with Crippen molar-refractivity contribution in [3.8, 4) is 23.0 Å². The number of amides is 1. The van der Waals surface area contributed by atoms with Gasteiger partial charge in [-0.15, -0.1) is 0 Å². The molecule has 1 heterocycles. The minimum Gasteiger partial charge on any atom is -0.497 e. The molecule has 4 rings (SSSR count). The summed E-state index contributed by atoms with van der Waals surface area (Å²) in [7, 11) is 6.27. The number of carbonyl (C=O) groups is 2. The molecule has 7 heteroatoms. The quantitative estimate of drug-likeness (QED) is 0.673. The van der Waals surface area contributed by atoms with Gasteiger partial charge in [0, 0.05) is 41.7 Å². The van der Waals surface area contributed by atoms with E-state index in [0.29, 0.717) is 53.5 Å². The molecule has 0 N–H and O–H groups in total. The Balaban J connectivity index is 1.90. The zero-order chi connectivity index (χ0) is 22.8. The van der Waals surface area contributed by atoms with Crippen LogP contribution in [0.1, 0.15) is 37.2 Å². The highest BCUT2D eigenvalue weighted by Crippen LogP contribution is 2.48. The molecule has 2 aromatic carbocycles. The lowest BCUT2D eigenvalue weighted by atomic mass is 9.76. The number of hydrogen-bond donors (Lipinski definition) is 0. The Bertz CT molecular complexity index is 1090. The second-order valence-corrected chi connectivity index (χ2v) is 7.74. The molecule has 1 aliphatic heterocycles. The van der Waals surface area contributed by atoms with Crippen LogP contribution in [0.3, 0.4) is 0 Å². The number of benzene rings is 2. The molecule has 0 saturated heterocycles. The molecule has 0 spiro atoms. The average molecular weight is 437 g/mol. The van der Waals surface area contributed by atoms with Gasteiger partial charge in [0.05, 0.1) is 34.1 Å². The zero-order valence-corrected chi connectivity index (χ0v) is 18.8. The molecular formula is C25H27NO6. The number of ether oxygens (including phenoxy) is 4. The molecule has 1 atom stereocenters. The summed E-state index contributed by atoms with van der Waals surface area (Å²) in [6.07, 6.45) is 1.93.